The molecule has 0 bridgehead atoms. The summed E-state index contributed by atoms with van der Waals surface area (Å²) in [6.07, 6.45) is 0. The Kier molecular flexibility index (Phi) is 3.86. The normalized spacial score (nSPS) is 12.6. The largest absolute Gasteiger partial charge is 0.305 e. The van der Waals surface area contributed by atoms with Gasteiger partial charge in [0.2, 0.25) is 0 Å². The average Bonchev–Trinajstić information content (AvgIpc) is 2.82. The van der Waals surface area contributed by atoms with E-state index < -0.39 is 11.6 Å². The van der Waals surface area contributed by atoms with Crippen LogP contribution in [0.5, 0.6) is 0 Å². The van der Waals surface area contributed by atoms with Crippen molar-refractivity contribution >= 4 is 11.3 Å². The Labute approximate surface area is 103 Å². The Morgan fingerprint density at radius 3 is 2.76 bits per heavy atom. The highest BCUT2D eigenvalue weighted by Crippen LogP contribution is 2.19. The SMILES string of the molecule is CC(NCc1cccs1)c1cccc(F)c1F. The van der Waals surface area contributed by atoms with E-state index in [-0.39, 0.29) is 6.04 Å². The molecule has 0 radical (unpaired) electrons. The lowest BCUT2D eigenvalue weighted by atomic mass is 10.1. The molecule has 1 N–H and O–H groups in total. The molecule has 1 aromatic carbocycles. The number of nitrogens with one attached hydrogen (secondary N) is 1. The summed E-state index contributed by atoms with van der Waals surface area (Å²) in [5, 5.41) is 5.16. The van der Waals surface area contributed by atoms with Crippen molar-refractivity contribution in [2.45, 2.75) is 19.5 Å². The molecule has 1 unspecified atom stereocenters. The monoisotopic (exact) mass is 253 g/mol. The lowest BCUT2D eigenvalue weighted by Gasteiger charge is -2.14. The van der Waals surface area contributed by atoms with Gasteiger partial charge in [-0.25, -0.2) is 8.78 Å². The zero-order valence-electron chi connectivity index (χ0n) is 9.41. The number of thiophene rings is 1. The van der Waals surface area contributed by atoms with Crippen LogP contribution in [0.4, 0.5) is 8.78 Å². The van der Waals surface area contributed by atoms with Gasteiger partial charge in [0.05, 0.1) is 0 Å². The summed E-state index contributed by atoms with van der Waals surface area (Å²) in [5.41, 5.74) is 0.363. The predicted octanol–water partition coefficient (Wildman–Crippen LogP) is 3.88. The molecule has 0 saturated heterocycles. The Morgan fingerprint density at radius 2 is 2.06 bits per heavy atom. The predicted molar refractivity (Wildman–Crippen MR) is 65.9 cm³/mol. The van der Waals surface area contributed by atoms with E-state index in [2.05, 4.69) is 5.32 Å². The standard InChI is InChI=1S/C13H13F2NS/c1-9(16-8-10-4-3-7-17-10)11-5-2-6-12(14)13(11)15/h2-7,9,16H,8H2,1H3. The number of benzene rings is 1. The summed E-state index contributed by atoms with van der Waals surface area (Å²) in [5.74, 6) is -1.56. The van der Waals surface area contributed by atoms with Crippen molar-refractivity contribution in [3.63, 3.8) is 0 Å². The third kappa shape index (κ3) is 2.90. The molecule has 0 aliphatic carbocycles. The van der Waals surface area contributed by atoms with Crippen LogP contribution in [-0.2, 0) is 6.54 Å². The third-order valence-corrected chi connectivity index (χ3v) is 3.49. The first-order chi connectivity index (χ1) is 8.18. The number of hydrogen-bond acceptors (Lipinski definition) is 2. The van der Waals surface area contributed by atoms with Gasteiger partial charge in [-0.3, -0.25) is 0 Å². The van der Waals surface area contributed by atoms with Crippen LogP contribution in [0.1, 0.15) is 23.4 Å². The molecular weight excluding hydrogens is 240 g/mol. The van der Waals surface area contributed by atoms with Crippen molar-refractivity contribution in [2.75, 3.05) is 0 Å². The van der Waals surface area contributed by atoms with Crippen molar-refractivity contribution in [1.29, 1.82) is 0 Å². The molecule has 1 nitrogen and oxygen atoms in total. The van der Waals surface area contributed by atoms with Crippen molar-refractivity contribution in [3.05, 3.63) is 57.8 Å². The van der Waals surface area contributed by atoms with Crippen molar-refractivity contribution in [1.82, 2.24) is 5.32 Å². The van der Waals surface area contributed by atoms with Gasteiger partial charge in [0, 0.05) is 23.0 Å². The van der Waals surface area contributed by atoms with Gasteiger partial charge in [-0.1, -0.05) is 18.2 Å². The Morgan fingerprint density at radius 1 is 1.24 bits per heavy atom. The third-order valence-electron chi connectivity index (χ3n) is 2.61. The fourth-order valence-electron chi connectivity index (χ4n) is 1.63. The van der Waals surface area contributed by atoms with Crippen LogP contribution in [0.3, 0.4) is 0 Å². The van der Waals surface area contributed by atoms with Gasteiger partial charge in [-0.05, 0) is 24.4 Å². The molecule has 90 valence electrons. The van der Waals surface area contributed by atoms with E-state index in [0.717, 1.165) is 6.07 Å². The highest BCUT2D eigenvalue weighted by Gasteiger charge is 2.13. The van der Waals surface area contributed by atoms with Crippen molar-refractivity contribution in [2.24, 2.45) is 0 Å². The van der Waals surface area contributed by atoms with Crippen LogP contribution in [0.2, 0.25) is 0 Å². The highest BCUT2D eigenvalue weighted by molar-refractivity contribution is 7.09. The second-order valence-corrected chi connectivity index (χ2v) is 4.86. The molecule has 0 aliphatic heterocycles. The molecule has 17 heavy (non-hydrogen) atoms. The smallest absolute Gasteiger partial charge is 0.163 e. The fraction of sp³-hybridized carbons (Fsp3) is 0.231. The summed E-state index contributed by atoms with van der Waals surface area (Å²) in [6, 6.07) is 8.01. The van der Waals surface area contributed by atoms with E-state index in [4.69, 9.17) is 0 Å². The Hall–Kier alpha value is -1.26. The first kappa shape index (κ1) is 12.2. The minimum atomic E-state index is -0.799. The molecule has 1 aromatic heterocycles. The maximum absolute atomic E-state index is 13.5. The summed E-state index contributed by atoms with van der Waals surface area (Å²) in [4.78, 5) is 1.17. The van der Waals surface area contributed by atoms with E-state index in [1.54, 1.807) is 17.4 Å². The van der Waals surface area contributed by atoms with E-state index >= 15 is 0 Å². The molecule has 0 saturated carbocycles. The molecule has 0 aliphatic rings. The second kappa shape index (κ2) is 5.38. The summed E-state index contributed by atoms with van der Waals surface area (Å²) in [6.45, 7) is 2.49. The molecule has 0 spiro atoms. The first-order valence-corrected chi connectivity index (χ1v) is 6.26. The minimum absolute atomic E-state index is 0.215. The Bertz CT molecular complexity index is 482. The average molecular weight is 253 g/mol. The maximum atomic E-state index is 13.5. The summed E-state index contributed by atoms with van der Waals surface area (Å²) in [7, 11) is 0. The molecule has 4 heteroatoms. The van der Waals surface area contributed by atoms with Gasteiger partial charge < -0.3 is 5.32 Å². The number of halogens is 2. The van der Waals surface area contributed by atoms with E-state index in [1.165, 1.54) is 10.9 Å². The fourth-order valence-corrected chi connectivity index (χ4v) is 2.29. The van der Waals surface area contributed by atoms with Crippen LogP contribution in [0.15, 0.2) is 35.7 Å². The molecule has 0 amide bonds. The molecule has 0 fully saturated rings. The maximum Gasteiger partial charge on any atom is 0.163 e. The zero-order chi connectivity index (χ0) is 12.3. The lowest BCUT2D eigenvalue weighted by molar-refractivity contribution is 0.473. The first-order valence-electron chi connectivity index (χ1n) is 5.38. The van der Waals surface area contributed by atoms with Gasteiger partial charge in [0.25, 0.3) is 0 Å². The van der Waals surface area contributed by atoms with E-state index in [9.17, 15) is 8.78 Å². The van der Waals surface area contributed by atoms with Gasteiger partial charge in [0.15, 0.2) is 11.6 Å². The van der Waals surface area contributed by atoms with Crippen LogP contribution >= 0.6 is 11.3 Å². The number of hydrogen-bond donors (Lipinski definition) is 1. The molecule has 1 heterocycles. The quantitative estimate of drug-likeness (QED) is 0.872. The summed E-state index contributed by atoms with van der Waals surface area (Å²) < 4.78 is 26.6. The molecular formula is C13H13F2NS. The van der Waals surface area contributed by atoms with Crippen LogP contribution < -0.4 is 5.32 Å². The minimum Gasteiger partial charge on any atom is -0.305 e. The van der Waals surface area contributed by atoms with Gasteiger partial charge in [0.1, 0.15) is 0 Å². The van der Waals surface area contributed by atoms with Crippen LogP contribution in [0.25, 0.3) is 0 Å². The Balaban J connectivity index is 2.04. The topological polar surface area (TPSA) is 12.0 Å². The zero-order valence-corrected chi connectivity index (χ0v) is 10.2. The van der Waals surface area contributed by atoms with Crippen molar-refractivity contribution in [3.8, 4) is 0 Å². The van der Waals surface area contributed by atoms with Crippen LogP contribution in [-0.4, -0.2) is 0 Å². The second-order valence-electron chi connectivity index (χ2n) is 3.82. The lowest BCUT2D eigenvalue weighted by Crippen LogP contribution is -2.19. The number of rotatable bonds is 4. The van der Waals surface area contributed by atoms with Gasteiger partial charge in [-0.2, -0.15) is 0 Å². The van der Waals surface area contributed by atoms with Crippen LogP contribution in [0, 0.1) is 11.6 Å². The molecule has 1 atom stereocenters. The summed E-state index contributed by atoms with van der Waals surface area (Å²) >= 11 is 1.64. The van der Waals surface area contributed by atoms with Gasteiger partial charge >= 0.3 is 0 Å². The molecule has 2 rings (SSSR count). The molecule has 2 aromatic rings. The van der Waals surface area contributed by atoms with Gasteiger partial charge in [-0.15, -0.1) is 11.3 Å². The highest BCUT2D eigenvalue weighted by atomic mass is 32.1. The van der Waals surface area contributed by atoms with E-state index in [0.29, 0.717) is 12.1 Å². The van der Waals surface area contributed by atoms with E-state index in [1.807, 2.05) is 24.4 Å². The van der Waals surface area contributed by atoms with Crippen molar-refractivity contribution < 1.29 is 8.78 Å².